The van der Waals surface area contributed by atoms with Crippen LogP contribution in [0.2, 0.25) is 0 Å². The summed E-state index contributed by atoms with van der Waals surface area (Å²) >= 11 is 0. The molecule has 2 bridgehead atoms. The van der Waals surface area contributed by atoms with Crippen molar-refractivity contribution in [2.75, 3.05) is 12.4 Å². The fourth-order valence-corrected chi connectivity index (χ4v) is 3.69. The highest BCUT2D eigenvalue weighted by atomic mass is 19.1. The second kappa shape index (κ2) is 5.05. The number of methoxy groups -OCH3 is 1. The van der Waals surface area contributed by atoms with Gasteiger partial charge in [-0.3, -0.25) is 4.79 Å². The van der Waals surface area contributed by atoms with Gasteiger partial charge in [-0.15, -0.1) is 0 Å². The maximum absolute atomic E-state index is 13.3. The molecule has 108 valence electrons. The topological polar surface area (TPSA) is 64.3 Å². The van der Waals surface area contributed by atoms with Crippen molar-refractivity contribution in [2.45, 2.75) is 25.3 Å². The molecule has 1 aromatic rings. The lowest BCUT2D eigenvalue weighted by Crippen LogP contribution is -2.42. The molecule has 2 aliphatic rings. The summed E-state index contributed by atoms with van der Waals surface area (Å²) in [5.41, 5.74) is 6.70. The molecule has 0 heterocycles. The Labute approximate surface area is 117 Å². The first-order valence-electron chi connectivity index (χ1n) is 7.00. The molecule has 4 nitrogen and oxygen atoms in total. The minimum atomic E-state index is -0.442. The Balaban J connectivity index is 1.73. The van der Waals surface area contributed by atoms with Crippen molar-refractivity contribution in [3.8, 4) is 5.75 Å². The van der Waals surface area contributed by atoms with Crippen LogP contribution in [0, 0.1) is 23.6 Å². The average Bonchev–Trinajstić information content (AvgIpc) is 3.01. The SMILES string of the molecule is COc1cc(NC(=O)C2C3CCC(C3)C2N)ccc1F. The molecule has 2 aliphatic carbocycles. The third kappa shape index (κ3) is 2.16. The van der Waals surface area contributed by atoms with Crippen molar-refractivity contribution in [1.29, 1.82) is 0 Å². The Bertz CT molecular complexity index is 533. The Morgan fingerprint density at radius 3 is 2.80 bits per heavy atom. The van der Waals surface area contributed by atoms with Crippen molar-refractivity contribution < 1.29 is 13.9 Å². The van der Waals surface area contributed by atoms with Gasteiger partial charge in [0.1, 0.15) is 0 Å². The van der Waals surface area contributed by atoms with E-state index in [1.54, 1.807) is 0 Å². The first-order chi connectivity index (χ1) is 9.60. The van der Waals surface area contributed by atoms with Gasteiger partial charge < -0.3 is 15.8 Å². The molecule has 1 aromatic carbocycles. The largest absolute Gasteiger partial charge is 0.494 e. The fraction of sp³-hybridized carbons (Fsp3) is 0.533. The van der Waals surface area contributed by atoms with Gasteiger partial charge in [0, 0.05) is 17.8 Å². The van der Waals surface area contributed by atoms with Crippen LogP contribution < -0.4 is 15.8 Å². The van der Waals surface area contributed by atoms with Crippen LogP contribution in [-0.4, -0.2) is 19.1 Å². The van der Waals surface area contributed by atoms with E-state index < -0.39 is 5.82 Å². The summed E-state index contributed by atoms with van der Waals surface area (Å²) < 4.78 is 18.2. The van der Waals surface area contributed by atoms with Crippen molar-refractivity contribution >= 4 is 11.6 Å². The number of hydrogen-bond donors (Lipinski definition) is 2. The third-order valence-corrected chi connectivity index (χ3v) is 4.70. The molecule has 0 radical (unpaired) electrons. The quantitative estimate of drug-likeness (QED) is 0.890. The van der Waals surface area contributed by atoms with Crippen molar-refractivity contribution in [3.05, 3.63) is 24.0 Å². The van der Waals surface area contributed by atoms with E-state index in [0.29, 0.717) is 17.5 Å². The Hall–Kier alpha value is -1.62. The zero-order valence-electron chi connectivity index (χ0n) is 11.4. The number of ether oxygens (including phenoxy) is 1. The van der Waals surface area contributed by atoms with E-state index in [1.807, 2.05) is 0 Å². The first kappa shape index (κ1) is 13.4. The smallest absolute Gasteiger partial charge is 0.229 e. The molecule has 0 saturated heterocycles. The number of nitrogens with two attached hydrogens (primary N) is 1. The van der Waals surface area contributed by atoms with Crippen LogP contribution in [0.4, 0.5) is 10.1 Å². The molecule has 0 spiro atoms. The van der Waals surface area contributed by atoms with E-state index in [9.17, 15) is 9.18 Å². The van der Waals surface area contributed by atoms with Gasteiger partial charge in [0.2, 0.25) is 5.91 Å². The lowest BCUT2D eigenvalue weighted by atomic mass is 9.84. The molecule has 3 rings (SSSR count). The molecule has 4 atom stereocenters. The predicted molar refractivity (Wildman–Crippen MR) is 73.9 cm³/mol. The van der Waals surface area contributed by atoms with Gasteiger partial charge in [-0.1, -0.05) is 0 Å². The summed E-state index contributed by atoms with van der Waals surface area (Å²) in [5.74, 6) is 0.390. The second-order valence-corrected chi connectivity index (χ2v) is 5.77. The van der Waals surface area contributed by atoms with E-state index in [1.165, 1.54) is 25.3 Å². The summed E-state index contributed by atoms with van der Waals surface area (Å²) in [6.45, 7) is 0. The lowest BCUT2D eigenvalue weighted by molar-refractivity contribution is -0.121. The number of nitrogens with one attached hydrogen (secondary N) is 1. The summed E-state index contributed by atoms with van der Waals surface area (Å²) in [4.78, 5) is 12.4. The maximum Gasteiger partial charge on any atom is 0.229 e. The molecule has 2 fully saturated rings. The molecule has 1 amide bonds. The van der Waals surface area contributed by atoms with E-state index in [2.05, 4.69) is 5.32 Å². The van der Waals surface area contributed by atoms with Gasteiger partial charge in [-0.2, -0.15) is 0 Å². The number of carbonyl (C=O) groups is 1. The van der Waals surface area contributed by atoms with Gasteiger partial charge in [-0.05, 0) is 43.2 Å². The van der Waals surface area contributed by atoms with Crippen molar-refractivity contribution in [1.82, 2.24) is 0 Å². The predicted octanol–water partition coefficient (Wildman–Crippen LogP) is 2.15. The monoisotopic (exact) mass is 278 g/mol. The highest BCUT2D eigenvalue weighted by Gasteiger charge is 2.49. The molecular formula is C15H19FN2O2. The average molecular weight is 278 g/mol. The fourth-order valence-electron chi connectivity index (χ4n) is 3.69. The number of benzene rings is 1. The van der Waals surface area contributed by atoms with Crippen molar-refractivity contribution in [2.24, 2.45) is 23.5 Å². The minimum absolute atomic E-state index is 0.0453. The Morgan fingerprint density at radius 1 is 1.40 bits per heavy atom. The Kier molecular flexibility index (Phi) is 3.38. The molecule has 0 aromatic heterocycles. The summed E-state index contributed by atoms with van der Waals surface area (Å²) in [6.07, 6.45) is 3.29. The van der Waals surface area contributed by atoms with Crippen LogP contribution in [0.1, 0.15) is 19.3 Å². The number of anilines is 1. The second-order valence-electron chi connectivity index (χ2n) is 5.77. The maximum atomic E-state index is 13.3. The first-order valence-corrected chi connectivity index (χ1v) is 7.00. The van der Waals surface area contributed by atoms with E-state index in [0.717, 1.165) is 19.3 Å². The molecular weight excluding hydrogens is 259 g/mol. The highest BCUT2D eigenvalue weighted by molar-refractivity contribution is 5.93. The van der Waals surface area contributed by atoms with Crippen LogP contribution in [-0.2, 0) is 4.79 Å². The number of carbonyl (C=O) groups excluding carboxylic acids is 1. The lowest BCUT2D eigenvalue weighted by Gasteiger charge is -2.27. The summed E-state index contributed by atoms with van der Waals surface area (Å²) in [7, 11) is 1.40. The number of halogens is 1. The van der Waals surface area contributed by atoms with Gasteiger partial charge in [0.25, 0.3) is 0 Å². The summed E-state index contributed by atoms with van der Waals surface area (Å²) in [6, 6.07) is 4.27. The Morgan fingerprint density at radius 2 is 2.15 bits per heavy atom. The van der Waals surface area contributed by atoms with Crippen LogP contribution in [0.15, 0.2) is 18.2 Å². The van der Waals surface area contributed by atoms with Gasteiger partial charge in [0.05, 0.1) is 13.0 Å². The minimum Gasteiger partial charge on any atom is -0.494 e. The van der Waals surface area contributed by atoms with Gasteiger partial charge in [-0.25, -0.2) is 4.39 Å². The van der Waals surface area contributed by atoms with Crippen LogP contribution >= 0.6 is 0 Å². The highest BCUT2D eigenvalue weighted by Crippen LogP contribution is 2.47. The molecule has 20 heavy (non-hydrogen) atoms. The third-order valence-electron chi connectivity index (χ3n) is 4.70. The number of hydrogen-bond acceptors (Lipinski definition) is 3. The number of rotatable bonds is 3. The van der Waals surface area contributed by atoms with Crippen LogP contribution in [0.3, 0.4) is 0 Å². The number of amides is 1. The molecule has 3 N–H and O–H groups in total. The van der Waals surface area contributed by atoms with Gasteiger partial charge in [0.15, 0.2) is 11.6 Å². The zero-order chi connectivity index (χ0) is 14.3. The summed E-state index contributed by atoms with van der Waals surface area (Å²) in [5, 5.41) is 2.84. The zero-order valence-corrected chi connectivity index (χ0v) is 11.4. The molecule has 0 aliphatic heterocycles. The van der Waals surface area contributed by atoms with E-state index >= 15 is 0 Å². The van der Waals surface area contributed by atoms with Gasteiger partial charge >= 0.3 is 0 Å². The van der Waals surface area contributed by atoms with E-state index in [4.69, 9.17) is 10.5 Å². The number of fused-ring (bicyclic) bond motifs is 2. The molecule has 5 heteroatoms. The van der Waals surface area contributed by atoms with Crippen molar-refractivity contribution in [3.63, 3.8) is 0 Å². The standard InChI is InChI=1S/C15H19FN2O2/c1-20-12-7-10(4-5-11(12)16)18-15(19)13-8-2-3-9(6-8)14(13)17/h4-5,7-9,13-14H,2-3,6,17H2,1H3,(H,18,19). The normalized spacial score (nSPS) is 31.4. The van der Waals surface area contributed by atoms with E-state index in [-0.39, 0.29) is 23.6 Å². The van der Waals surface area contributed by atoms with Crippen LogP contribution in [0.5, 0.6) is 5.75 Å². The van der Waals surface area contributed by atoms with Crippen LogP contribution in [0.25, 0.3) is 0 Å². The molecule has 4 unspecified atom stereocenters. The molecule has 2 saturated carbocycles.